The summed E-state index contributed by atoms with van der Waals surface area (Å²) in [5.41, 5.74) is 2.31. The van der Waals surface area contributed by atoms with Gasteiger partial charge in [-0.15, -0.1) is 12.4 Å². The normalized spacial score (nSPS) is 16.4. The fraction of sp³-hybridized carbons (Fsp3) is 0.321. The summed E-state index contributed by atoms with van der Waals surface area (Å²) in [6, 6.07) is 22.4. The lowest BCUT2D eigenvalue weighted by Crippen LogP contribution is -2.41. The highest BCUT2D eigenvalue weighted by atomic mass is 35.5. The summed E-state index contributed by atoms with van der Waals surface area (Å²) in [5, 5.41) is 3.06. The van der Waals surface area contributed by atoms with Crippen molar-refractivity contribution in [1.82, 2.24) is 10.2 Å². The van der Waals surface area contributed by atoms with Crippen molar-refractivity contribution in [3.8, 4) is 11.1 Å². The fourth-order valence-corrected chi connectivity index (χ4v) is 4.56. The number of nitrogens with one attached hydrogen (secondary N) is 1. The molecule has 4 rings (SSSR count). The van der Waals surface area contributed by atoms with Crippen molar-refractivity contribution >= 4 is 18.3 Å². The van der Waals surface area contributed by atoms with Gasteiger partial charge in [-0.1, -0.05) is 60.7 Å². The van der Waals surface area contributed by atoms with Gasteiger partial charge in [0.25, 0.3) is 5.91 Å². The highest BCUT2D eigenvalue weighted by Gasteiger charge is 2.30. The van der Waals surface area contributed by atoms with Crippen molar-refractivity contribution in [2.75, 3.05) is 26.2 Å². The molecule has 3 nitrogen and oxygen atoms in total. The average molecular weight is 503 g/mol. The number of carbonyl (C=O) groups is 1. The third kappa shape index (κ3) is 7.33. The van der Waals surface area contributed by atoms with E-state index in [4.69, 9.17) is 0 Å². The lowest BCUT2D eigenvalue weighted by atomic mass is 9.96. The molecule has 7 heteroatoms. The molecular weight excluding hydrogens is 473 g/mol. The number of halogens is 4. The van der Waals surface area contributed by atoms with Crippen LogP contribution in [0, 0.1) is 5.92 Å². The number of nitrogens with zero attached hydrogens (tertiary/aromatic N) is 1. The van der Waals surface area contributed by atoms with Crippen molar-refractivity contribution in [2.24, 2.45) is 5.92 Å². The van der Waals surface area contributed by atoms with E-state index < -0.39 is 11.7 Å². The number of piperidine rings is 1. The predicted molar refractivity (Wildman–Crippen MR) is 136 cm³/mol. The molecule has 35 heavy (non-hydrogen) atoms. The maximum atomic E-state index is 13.0. The molecule has 0 saturated carbocycles. The number of hydrogen-bond acceptors (Lipinski definition) is 2. The molecule has 1 amide bonds. The van der Waals surface area contributed by atoms with E-state index in [0.29, 0.717) is 29.2 Å². The Labute approximate surface area is 210 Å². The van der Waals surface area contributed by atoms with Gasteiger partial charge in [0.15, 0.2) is 0 Å². The zero-order valence-corrected chi connectivity index (χ0v) is 20.2. The van der Waals surface area contributed by atoms with E-state index in [1.807, 2.05) is 6.07 Å². The van der Waals surface area contributed by atoms with E-state index in [-0.39, 0.29) is 18.3 Å². The summed E-state index contributed by atoms with van der Waals surface area (Å²) in [7, 11) is 0. The Kier molecular flexibility index (Phi) is 9.35. The van der Waals surface area contributed by atoms with Crippen molar-refractivity contribution in [1.29, 1.82) is 0 Å². The number of amides is 1. The zero-order valence-electron chi connectivity index (χ0n) is 19.4. The van der Waals surface area contributed by atoms with Crippen molar-refractivity contribution < 1.29 is 18.0 Å². The van der Waals surface area contributed by atoms with Crippen LogP contribution >= 0.6 is 12.4 Å². The lowest BCUT2D eigenvalue weighted by molar-refractivity contribution is -0.137. The Morgan fingerprint density at radius 1 is 0.943 bits per heavy atom. The number of benzene rings is 3. The average Bonchev–Trinajstić information content (AvgIpc) is 2.86. The Bertz CT molecular complexity index is 1090. The molecule has 0 spiro atoms. The highest BCUT2D eigenvalue weighted by Crippen LogP contribution is 2.32. The van der Waals surface area contributed by atoms with Gasteiger partial charge in [-0.25, -0.2) is 0 Å². The molecule has 186 valence electrons. The molecule has 1 atom stereocenters. The van der Waals surface area contributed by atoms with Gasteiger partial charge in [-0.3, -0.25) is 4.79 Å². The fourth-order valence-electron chi connectivity index (χ4n) is 4.56. The molecule has 1 unspecified atom stereocenters. The SMILES string of the molecule is Cl.O=C(NCC1CCCN(CCc2ccccc2)C1)c1ccccc1-c1ccc(C(F)(F)F)cc1. The molecule has 3 aromatic rings. The molecule has 0 aromatic heterocycles. The second-order valence-corrected chi connectivity index (χ2v) is 8.88. The molecule has 0 aliphatic carbocycles. The van der Waals surface area contributed by atoms with Crippen LogP contribution < -0.4 is 5.32 Å². The molecule has 0 bridgehead atoms. The maximum absolute atomic E-state index is 13.0. The summed E-state index contributed by atoms with van der Waals surface area (Å²) in [6.07, 6.45) is -1.19. The first-order chi connectivity index (χ1) is 16.4. The molecule has 1 aliphatic rings. The molecular formula is C28H30ClF3N2O. The minimum atomic E-state index is -4.38. The number of alkyl halides is 3. The van der Waals surface area contributed by atoms with Crippen LogP contribution in [0.25, 0.3) is 11.1 Å². The standard InChI is InChI=1S/C28H29F3N2O.ClH/c29-28(30,31)24-14-12-23(13-15-24)25-10-4-5-11-26(25)27(34)32-19-22-9-6-17-33(20-22)18-16-21-7-2-1-3-8-21;/h1-5,7-8,10-15,22H,6,9,16-20H2,(H,32,34);1H. The molecule has 3 aromatic carbocycles. The lowest BCUT2D eigenvalue weighted by Gasteiger charge is -2.32. The largest absolute Gasteiger partial charge is 0.416 e. The minimum absolute atomic E-state index is 0. The van der Waals surface area contributed by atoms with Gasteiger partial charge in [-0.05, 0) is 66.6 Å². The summed E-state index contributed by atoms with van der Waals surface area (Å²) in [5.74, 6) is 0.184. The Hall–Kier alpha value is -2.83. The van der Waals surface area contributed by atoms with Gasteiger partial charge in [0.1, 0.15) is 0 Å². The van der Waals surface area contributed by atoms with Crippen LogP contribution in [0.4, 0.5) is 13.2 Å². The van der Waals surface area contributed by atoms with Crippen LogP contribution in [0.1, 0.15) is 34.3 Å². The van der Waals surface area contributed by atoms with Crippen LogP contribution in [0.15, 0.2) is 78.9 Å². The predicted octanol–water partition coefficient (Wildman–Crippen LogP) is 6.48. The summed E-state index contributed by atoms with van der Waals surface area (Å²) < 4.78 is 38.7. The van der Waals surface area contributed by atoms with Crippen molar-refractivity contribution in [2.45, 2.75) is 25.4 Å². The van der Waals surface area contributed by atoms with E-state index in [1.165, 1.54) is 17.7 Å². The molecule has 1 N–H and O–H groups in total. The number of hydrogen-bond donors (Lipinski definition) is 1. The van der Waals surface area contributed by atoms with Gasteiger partial charge in [0.2, 0.25) is 0 Å². The van der Waals surface area contributed by atoms with Crippen molar-refractivity contribution in [3.05, 3.63) is 95.6 Å². The summed E-state index contributed by atoms with van der Waals surface area (Å²) in [4.78, 5) is 15.5. The quantitative estimate of drug-likeness (QED) is 0.401. The van der Waals surface area contributed by atoms with Gasteiger partial charge in [-0.2, -0.15) is 13.2 Å². The third-order valence-corrected chi connectivity index (χ3v) is 6.41. The zero-order chi connectivity index (χ0) is 24.0. The van der Waals surface area contributed by atoms with Crippen LogP contribution in [0.5, 0.6) is 0 Å². The van der Waals surface area contributed by atoms with Crippen LogP contribution in [-0.4, -0.2) is 37.0 Å². The van der Waals surface area contributed by atoms with E-state index in [2.05, 4.69) is 34.5 Å². The number of likely N-dealkylation sites (tertiary alicyclic amines) is 1. The highest BCUT2D eigenvalue weighted by molar-refractivity contribution is 6.00. The minimum Gasteiger partial charge on any atom is -0.352 e. The first-order valence-corrected chi connectivity index (χ1v) is 11.7. The van der Waals surface area contributed by atoms with E-state index >= 15 is 0 Å². The monoisotopic (exact) mass is 502 g/mol. The van der Waals surface area contributed by atoms with E-state index in [0.717, 1.165) is 51.0 Å². The topological polar surface area (TPSA) is 32.3 Å². The second-order valence-electron chi connectivity index (χ2n) is 8.88. The first-order valence-electron chi connectivity index (χ1n) is 11.7. The van der Waals surface area contributed by atoms with Crippen LogP contribution in [0.3, 0.4) is 0 Å². The van der Waals surface area contributed by atoms with Crippen molar-refractivity contribution in [3.63, 3.8) is 0 Å². The number of carbonyl (C=O) groups excluding carboxylic acids is 1. The smallest absolute Gasteiger partial charge is 0.352 e. The summed E-state index contributed by atoms with van der Waals surface area (Å²) in [6.45, 7) is 3.62. The molecule has 0 radical (unpaired) electrons. The van der Waals surface area contributed by atoms with Crippen LogP contribution in [0.2, 0.25) is 0 Å². The van der Waals surface area contributed by atoms with E-state index in [1.54, 1.807) is 24.3 Å². The Balaban J connectivity index is 0.00000342. The second kappa shape index (κ2) is 12.2. The van der Waals surface area contributed by atoms with Crippen LogP contribution in [-0.2, 0) is 12.6 Å². The molecule has 1 heterocycles. The maximum Gasteiger partial charge on any atom is 0.416 e. The first kappa shape index (κ1) is 26.8. The Morgan fingerprint density at radius 3 is 2.34 bits per heavy atom. The molecule has 1 aliphatic heterocycles. The van der Waals surface area contributed by atoms with Gasteiger partial charge in [0, 0.05) is 25.2 Å². The van der Waals surface area contributed by atoms with Gasteiger partial charge >= 0.3 is 6.18 Å². The third-order valence-electron chi connectivity index (χ3n) is 6.41. The summed E-state index contributed by atoms with van der Waals surface area (Å²) >= 11 is 0. The van der Waals surface area contributed by atoms with Gasteiger partial charge < -0.3 is 10.2 Å². The van der Waals surface area contributed by atoms with Gasteiger partial charge in [0.05, 0.1) is 5.56 Å². The number of rotatable bonds is 7. The molecule has 1 fully saturated rings. The molecule has 1 saturated heterocycles. The Morgan fingerprint density at radius 2 is 1.63 bits per heavy atom. The van der Waals surface area contributed by atoms with E-state index in [9.17, 15) is 18.0 Å².